The first-order valence-corrected chi connectivity index (χ1v) is 9.39. The van der Waals surface area contributed by atoms with E-state index in [0.29, 0.717) is 12.5 Å². The number of nitrogens with zero attached hydrogens (tertiary/aromatic N) is 5. The molecule has 0 saturated carbocycles. The lowest BCUT2D eigenvalue weighted by atomic mass is 10.1. The van der Waals surface area contributed by atoms with Gasteiger partial charge in [0.05, 0.1) is 6.61 Å². The molecule has 0 atom stereocenters. The summed E-state index contributed by atoms with van der Waals surface area (Å²) in [5.74, 6) is 2.25. The minimum absolute atomic E-state index is 0.570. The van der Waals surface area contributed by atoms with Crippen molar-refractivity contribution in [3.05, 3.63) is 41.6 Å². The summed E-state index contributed by atoms with van der Waals surface area (Å²) in [4.78, 5) is 0. The van der Waals surface area contributed by atoms with Gasteiger partial charge in [0.2, 0.25) is 5.88 Å². The number of rotatable bonds is 7. The van der Waals surface area contributed by atoms with E-state index in [0.717, 1.165) is 28.8 Å². The number of aryl methyl sites for hydroxylation is 2. The molecule has 0 unspecified atom stereocenters. The minimum atomic E-state index is 0.570. The van der Waals surface area contributed by atoms with Gasteiger partial charge in [-0.25, -0.2) is 0 Å². The molecule has 2 aromatic heterocycles. The predicted octanol–water partition coefficient (Wildman–Crippen LogP) is 3.70. The van der Waals surface area contributed by atoms with Gasteiger partial charge in [-0.2, -0.15) is 0 Å². The maximum absolute atomic E-state index is 5.66. The van der Waals surface area contributed by atoms with Crippen LogP contribution in [-0.4, -0.2) is 31.2 Å². The Balaban J connectivity index is 1.84. The smallest absolute Gasteiger partial charge is 0.243 e. The van der Waals surface area contributed by atoms with Gasteiger partial charge in [-0.15, -0.1) is 15.3 Å². The zero-order chi connectivity index (χ0) is 17.8. The van der Waals surface area contributed by atoms with Crippen LogP contribution in [0.15, 0.2) is 35.6 Å². The van der Waals surface area contributed by atoms with Gasteiger partial charge in [-0.05, 0) is 31.9 Å². The van der Waals surface area contributed by atoms with Crippen molar-refractivity contribution in [1.29, 1.82) is 0 Å². The summed E-state index contributed by atoms with van der Waals surface area (Å²) in [5.41, 5.74) is 3.48. The molecule has 0 aliphatic rings. The second kappa shape index (κ2) is 7.74. The van der Waals surface area contributed by atoms with Crippen LogP contribution in [0.2, 0.25) is 0 Å². The van der Waals surface area contributed by atoms with Crippen molar-refractivity contribution in [3.63, 3.8) is 0 Å². The average molecular weight is 357 g/mol. The quantitative estimate of drug-likeness (QED) is 0.604. The SMILES string of the molecule is CCOc1nn(CC)cc1-c1nnc(SCc2ccccc2C)n1C. The maximum Gasteiger partial charge on any atom is 0.243 e. The molecule has 0 fully saturated rings. The lowest BCUT2D eigenvalue weighted by molar-refractivity contribution is 0.322. The fourth-order valence-electron chi connectivity index (χ4n) is 2.55. The molecule has 0 aliphatic heterocycles. The van der Waals surface area contributed by atoms with Crippen LogP contribution in [0.4, 0.5) is 0 Å². The van der Waals surface area contributed by atoms with Crippen LogP contribution in [0.1, 0.15) is 25.0 Å². The Morgan fingerprint density at radius 2 is 1.96 bits per heavy atom. The van der Waals surface area contributed by atoms with Crippen LogP contribution in [0.5, 0.6) is 5.88 Å². The Hall–Kier alpha value is -2.28. The minimum Gasteiger partial charge on any atom is -0.476 e. The summed E-state index contributed by atoms with van der Waals surface area (Å²) < 4.78 is 9.52. The Bertz CT molecular complexity index is 855. The van der Waals surface area contributed by atoms with Crippen LogP contribution >= 0.6 is 11.8 Å². The van der Waals surface area contributed by atoms with E-state index in [9.17, 15) is 0 Å². The molecule has 1 aromatic carbocycles. The third kappa shape index (κ3) is 3.71. The fraction of sp³-hybridized carbons (Fsp3) is 0.389. The number of hydrogen-bond donors (Lipinski definition) is 0. The first-order chi connectivity index (χ1) is 12.1. The highest BCUT2D eigenvalue weighted by molar-refractivity contribution is 7.98. The maximum atomic E-state index is 5.66. The molecule has 3 aromatic rings. The molecule has 0 spiro atoms. The molecule has 0 aliphatic carbocycles. The van der Waals surface area contributed by atoms with E-state index in [-0.39, 0.29) is 0 Å². The molecule has 0 N–H and O–H groups in total. The van der Waals surface area contributed by atoms with Crippen molar-refractivity contribution < 1.29 is 4.74 Å². The van der Waals surface area contributed by atoms with Gasteiger partial charge in [-0.3, -0.25) is 4.68 Å². The Labute approximate surface area is 152 Å². The molecule has 0 amide bonds. The molecular formula is C18H23N5OS. The second-order valence-corrected chi connectivity index (χ2v) is 6.66. The van der Waals surface area contributed by atoms with E-state index < -0.39 is 0 Å². The summed E-state index contributed by atoms with van der Waals surface area (Å²) in [7, 11) is 1.98. The van der Waals surface area contributed by atoms with E-state index in [1.165, 1.54) is 11.1 Å². The van der Waals surface area contributed by atoms with Crippen molar-refractivity contribution >= 4 is 11.8 Å². The number of aromatic nitrogens is 5. The topological polar surface area (TPSA) is 57.8 Å². The standard InChI is InChI=1S/C18H23N5OS/c1-5-23-11-15(17(21-23)24-6-2)16-19-20-18(22(16)4)25-12-14-10-8-7-9-13(14)3/h7-11H,5-6,12H2,1-4H3. The lowest BCUT2D eigenvalue weighted by Crippen LogP contribution is -1.98. The molecule has 25 heavy (non-hydrogen) atoms. The summed E-state index contributed by atoms with van der Waals surface area (Å²) in [6.45, 7) is 7.49. The monoisotopic (exact) mass is 357 g/mol. The number of benzene rings is 1. The number of ether oxygens (including phenoxy) is 1. The van der Waals surface area contributed by atoms with E-state index in [1.54, 1.807) is 11.8 Å². The van der Waals surface area contributed by atoms with Crippen LogP contribution in [-0.2, 0) is 19.3 Å². The van der Waals surface area contributed by atoms with E-state index in [2.05, 4.69) is 46.5 Å². The molecule has 0 saturated heterocycles. The number of thioether (sulfide) groups is 1. The first-order valence-electron chi connectivity index (χ1n) is 8.41. The molecule has 132 valence electrons. The van der Waals surface area contributed by atoms with Gasteiger partial charge in [0.25, 0.3) is 0 Å². The Morgan fingerprint density at radius 3 is 2.68 bits per heavy atom. The summed E-state index contributed by atoms with van der Waals surface area (Å²) >= 11 is 1.68. The van der Waals surface area contributed by atoms with Gasteiger partial charge < -0.3 is 9.30 Å². The Morgan fingerprint density at radius 1 is 1.16 bits per heavy atom. The highest BCUT2D eigenvalue weighted by Gasteiger charge is 2.19. The molecule has 7 heteroatoms. The Kier molecular flexibility index (Phi) is 5.43. The fourth-order valence-corrected chi connectivity index (χ4v) is 3.54. The average Bonchev–Trinajstić information content (AvgIpc) is 3.18. The van der Waals surface area contributed by atoms with E-state index in [4.69, 9.17) is 4.74 Å². The summed E-state index contributed by atoms with van der Waals surface area (Å²) in [6, 6.07) is 8.41. The van der Waals surface area contributed by atoms with E-state index >= 15 is 0 Å². The van der Waals surface area contributed by atoms with Gasteiger partial charge in [0, 0.05) is 25.5 Å². The van der Waals surface area contributed by atoms with Gasteiger partial charge in [-0.1, -0.05) is 36.0 Å². The lowest BCUT2D eigenvalue weighted by Gasteiger charge is -2.06. The van der Waals surface area contributed by atoms with Crippen molar-refractivity contribution in [2.24, 2.45) is 7.05 Å². The van der Waals surface area contributed by atoms with E-state index in [1.807, 2.05) is 36.3 Å². The van der Waals surface area contributed by atoms with Crippen LogP contribution in [0.25, 0.3) is 11.4 Å². The van der Waals surface area contributed by atoms with Crippen molar-refractivity contribution in [3.8, 4) is 17.3 Å². The normalized spacial score (nSPS) is 11.0. The van der Waals surface area contributed by atoms with Gasteiger partial charge >= 0.3 is 0 Å². The van der Waals surface area contributed by atoms with Gasteiger partial charge in [0.15, 0.2) is 11.0 Å². The largest absolute Gasteiger partial charge is 0.476 e. The third-order valence-corrected chi connectivity index (χ3v) is 5.10. The van der Waals surface area contributed by atoms with Crippen molar-refractivity contribution in [2.45, 2.75) is 38.2 Å². The molecule has 0 radical (unpaired) electrons. The van der Waals surface area contributed by atoms with Crippen molar-refractivity contribution in [1.82, 2.24) is 24.5 Å². The molecular weight excluding hydrogens is 334 g/mol. The molecule has 6 nitrogen and oxygen atoms in total. The molecule has 2 heterocycles. The summed E-state index contributed by atoms with van der Waals surface area (Å²) in [6.07, 6.45) is 1.96. The van der Waals surface area contributed by atoms with Gasteiger partial charge in [0.1, 0.15) is 5.56 Å². The molecule has 3 rings (SSSR count). The first kappa shape index (κ1) is 17.5. The third-order valence-electron chi connectivity index (χ3n) is 4.03. The number of hydrogen-bond acceptors (Lipinski definition) is 5. The second-order valence-electron chi connectivity index (χ2n) is 5.72. The predicted molar refractivity (Wildman–Crippen MR) is 99.8 cm³/mol. The highest BCUT2D eigenvalue weighted by Crippen LogP contribution is 2.30. The van der Waals surface area contributed by atoms with Crippen molar-refractivity contribution in [2.75, 3.05) is 6.61 Å². The van der Waals surface area contributed by atoms with Crippen LogP contribution < -0.4 is 4.74 Å². The molecule has 0 bridgehead atoms. The highest BCUT2D eigenvalue weighted by atomic mass is 32.2. The summed E-state index contributed by atoms with van der Waals surface area (Å²) in [5, 5.41) is 14.1. The zero-order valence-corrected chi connectivity index (χ0v) is 15.9. The van der Waals surface area contributed by atoms with Crippen LogP contribution in [0.3, 0.4) is 0 Å². The van der Waals surface area contributed by atoms with Crippen LogP contribution in [0, 0.1) is 6.92 Å². The zero-order valence-electron chi connectivity index (χ0n) is 15.1.